The first kappa shape index (κ1) is 9.88. The summed E-state index contributed by atoms with van der Waals surface area (Å²) in [6.45, 7) is 0. The lowest BCUT2D eigenvalue weighted by Crippen LogP contribution is -2.32. The lowest BCUT2D eigenvalue weighted by molar-refractivity contribution is 0.277. The van der Waals surface area contributed by atoms with Gasteiger partial charge in [0.15, 0.2) is 0 Å². The zero-order chi connectivity index (χ0) is 9.42. The normalized spacial score (nSPS) is 17.1. The van der Waals surface area contributed by atoms with E-state index < -0.39 is 0 Å². The second-order valence-electron chi connectivity index (χ2n) is 3.14. The number of aromatic nitrogens is 2. The molecular weight excluding hydrogens is 394 g/mol. The standard InChI is InChI=1S/C8H8I2N2O/c9-6-4-11-12(5-2-1-3-5)8(13)7(6)10/h4-5H,1-3H2. The minimum Gasteiger partial charge on any atom is -0.267 e. The molecule has 0 aromatic carbocycles. The van der Waals surface area contributed by atoms with E-state index in [1.54, 1.807) is 10.9 Å². The van der Waals surface area contributed by atoms with Crippen molar-refractivity contribution in [2.45, 2.75) is 25.3 Å². The van der Waals surface area contributed by atoms with Crippen LogP contribution in [0.2, 0.25) is 0 Å². The highest BCUT2D eigenvalue weighted by molar-refractivity contribution is 14.1. The van der Waals surface area contributed by atoms with Crippen molar-refractivity contribution in [3.05, 3.63) is 23.7 Å². The molecular formula is C8H8I2N2O. The van der Waals surface area contributed by atoms with Crippen LogP contribution < -0.4 is 5.56 Å². The van der Waals surface area contributed by atoms with Crippen LogP contribution in [0, 0.1) is 7.14 Å². The molecule has 1 heterocycles. The van der Waals surface area contributed by atoms with Crippen LogP contribution in [0.3, 0.4) is 0 Å². The maximum absolute atomic E-state index is 11.7. The van der Waals surface area contributed by atoms with Gasteiger partial charge in [0.05, 0.1) is 19.4 Å². The summed E-state index contributed by atoms with van der Waals surface area (Å²) in [7, 11) is 0. The number of halogens is 2. The number of rotatable bonds is 1. The smallest absolute Gasteiger partial charge is 0.267 e. The molecule has 70 valence electrons. The summed E-state index contributed by atoms with van der Waals surface area (Å²) < 4.78 is 3.37. The van der Waals surface area contributed by atoms with Gasteiger partial charge in [-0.3, -0.25) is 4.79 Å². The lowest BCUT2D eigenvalue weighted by atomic mass is 9.93. The van der Waals surface area contributed by atoms with Gasteiger partial charge in [0.2, 0.25) is 0 Å². The fourth-order valence-electron chi connectivity index (χ4n) is 1.32. The third-order valence-electron chi connectivity index (χ3n) is 2.32. The highest BCUT2D eigenvalue weighted by Crippen LogP contribution is 2.29. The summed E-state index contributed by atoms with van der Waals surface area (Å²) in [5.41, 5.74) is 0.0669. The highest BCUT2D eigenvalue weighted by atomic mass is 127. The van der Waals surface area contributed by atoms with E-state index in [1.807, 2.05) is 0 Å². The first-order valence-electron chi connectivity index (χ1n) is 4.13. The molecule has 0 amide bonds. The highest BCUT2D eigenvalue weighted by Gasteiger charge is 2.22. The zero-order valence-electron chi connectivity index (χ0n) is 6.83. The van der Waals surface area contributed by atoms with E-state index in [0.717, 1.165) is 20.0 Å². The van der Waals surface area contributed by atoms with Crippen molar-refractivity contribution >= 4 is 45.2 Å². The van der Waals surface area contributed by atoms with Crippen LogP contribution in [0.4, 0.5) is 0 Å². The summed E-state index contributed by atoms with van der Waals surface area (Å²) in [6, 6.07) is 0.359. The third kappa shape index (κ3) is 1.77. The molecule has 1 saturated carbocycles. The van der Waals surface area contributed by atoms with Crippen molar-refractivity contribution in [1.82, 2.24) is 9.78 Å². The van der Waals surface area contributed by atoms with E-state index in [4.69, 9.17) is 0 Å². The van der Waals surface area contributed by atoms with E-state index in [9.17, 15) is 4.79 Å². The SMILES string of the molecule is O=c1c(I)c(I)cnn1C1CCC1. The van der Waals surface area contributed by atoms with E-state index in [-0.39, 0.29) is 5.56 Å². The van der Waals surface area contributed by atoms with Crippen molar-refractivity contribution in [2.24, 2.45) is 0 Å². The Bertz CT molecular complexity index is 384. The van der Waals surface area contributed by atoms with Gasteiger partial charge in [-0.15, -0.1) is 0 Å². The first-order valence-corrected chi connectivity index (χ1v) is 6.28. The van der Waals surface area contributed by atoms with Crippen LogP contribution in [0.15, 0.2) is 11.0 Å². The van der Waals surface area contributed by atoms with Crippen molar-refractivity contribution in [2.75, 3.05) is 0 Å². The van der Waals surface area contributed by atoms with Gasteiger partial charge in [-0.25, -0.2) is 4.68 Å². The molecule has 5 heteroatoms. The molecule has 1 aromatic rings. The summed E-state index contributed by atoms with van der Waals surface area (Å²) in [5.74, 6) is 0. The van der Waals surface area contributed by atoms with Crippen molar-refractivity contribution < 1.29 is 0 Å². The van der Waals surface area contributed by atoms with Gasteiger partial charge in [0.1, 0.15) is 0 Å². The summed E-state index contributed by atoms with van der Waals surface area (Å²) in [5, 5.41) is 4.15. The molecule has 2 rings (SSSR count). The van der Waals surface area contributed by atoms with Gasteiger partial charge in [0.25, 0.3) is 5.56 Å². The van der Waals surface area contributed by atoms with Crippen molar-refractivity contribution in [3.63, 3.8) is 0 Å². The molecule has 13 heavy (non-hydrogen) atoms. The van der Waals surface area contributed by atoms with Gasteiger partial charge >= 0.3 is 0 Å². The average molecular weight is 402 g/mol. The molecule has 0 radical (unpaired) electrons. The van der Waals surface area contributed by atoms with Gasteiger partial charge in [-0.1, -0.05) is 0 Å². The Balaban J connectivity index is 2.47. The Morgan fingerprint density at radius 3 is 2.69 bits per heavy atom. The number of hydrogen-bond acceptors (Lipinski definition) is 2. The van der Waals surface area contributed by atoms with Gasteiger partial charge < -0.3 is 0 Å². The first-order chi connectivity index (χ1) is 6.20. The van der Waals surface area contributed by atoms with Crippen LogP contribution >= 0.6 is 45.2 Å². The van der Waals surface area contributed by atoms with Crippen LogP contribution in [-0.2, 0) is 0 Å². The zero-order valence-corrected chi connectivity index (χ0v) is 11.1. The predicted octanol–water partition coefficient (Wildman–Crippen LogP) is 2.18. The Morgan fingerprint density at radius 2 is 2.15 bits per heavy atom. The Labute approximate surface area is 103 Å². The second-order valence-corrected chi connectivity index (χ2v) is 5.38. The molecule has 3 nitrogen and oxygen atoms in total. The molecule has 0 saturated heterocycles. The van der Waals surface area contributed by atoms with Crippen molar-refractivity contribution in [1.29, 1.82) is 0 Å². The number of hydrogen-bond donors (Lipinski definition) is 0. The van der Waals surface area contributed by atoms with Crippen LogP contribution in [0.1, 0.15) is 25.3 Å². The molecule has 0 N–H and O–H groups in total. The van der Waals surface area contributed by atoms with Crippen molar-refractivity contribution in [3.8, 4) is 0 Å². The lowest BCUT2D eigenvalue weighted by Gasteiger charge is -2.26. The third-order valence-corrected chi connectivity index (χ3v) is 5.21. The fourth-order valence-corrected chi connectivity index (χ4v) is 2.06. The van der Waals surface area contributed by atoms with Crippen LogP contribution in [0.5, 0.6) is 0 Å². The largest absolute Gasteiger partial charge is 0.281 e. The summed E-state index contributed by atoms with van der Waals surface area (Å²) in [4.78, 5) is 11.7. The topological polar surface area (TPSA) is 34.9 Å². The van der Waals surface area contributed by atoms with Crippen LogP contribution in [0.25, 0.3) is 0 Å². The Hall–Kier alpha value is 0.340. The molecule has 0 spiro atoms. The molecule has 0 bridgehead atoms. The molecule has 0 aliphatic heterocycles. The van der Waals surface area contributed by atoms with Gasteiger partial charge in [0, 0.05) is 0 Å². The monoisotopic (exact) mass is 402 g/mol. The Morgan fingerprint density at radius 1 is 1.46 bits per heavy atom. The van der Waals surface area contributed by atoms with E-state index in [2.05, 4.69) is 50.3 Å². The Kier molecular flexibility index (Phi) is 2.91. The molecule has 1 aliphatic rings. The van der Waals surface area contributed by atoms with Crippen LogP contribution in [-0.4, -0.2) is 9.78 Å². The molecule has 1 aromatic heterocycles. The molecule has 0 atom stereocenters. The fraction of sp³-hybridized carbons (Fsp3) is 0.500. The quantitative estimate of drug-likeness (QED) is 0.676. The number of nitrogens with zero attached hydrogens (tertiary/aromatic N) is 2. The minimum atomic E-state index is 0.0669. The molecule has 0 unspecified atom stereocenters. The molecule has 1 aliphatic carbocycles. The molecule has 1 fully saturated rings. The second kappa shape index (κ2) is 3.84. The average Bonchev–Trinajstić information content (AvgIpc) is 2.03. The maximum atomic E-state index is 11.7. The minimum absolute atomic E-state index is 0.0669. The summed E-state index contributed by atoms with van der Waals surface area (Å²) in [6.07, 6.45) is 5.19. The maximum Gasteiger partial charge on any atom is 0.281 e. The predicted molar refractivity (Wildman–Crippen MR) is 66.8 cm³/mol. The summed E-state index contributed by atoms with van der Waals surface area (Å²) >= 11 is 4.22. The van der Waals surface area contributed by atoms with E-state index >= 15 is 0 Å². The van der Waals surface area contributed by atoms with Gasteiger partial charge in [-0.2, -0.15) is 5.10 Å². The van der Waals surface area contributed by atoms with E-state index in [1.165, 1.54) is 6.42 Å². The van der Waals surface area contributed by atoms with E-state index in [0.29, 0.717) is 6.04 Å². The van der Waals surface area contributed by atoms with Gasteiger partial charge in [-0.05, 0) is 64.4 Å².